The average Bonchev–Trinajstić information content (AvgIpc) is 2.29. The summed E-state index contributed by atoms with van der Waals surface area (Å²) in [6.45, 7) is 6.28. The lowest BCUT2D eigenvalue weighted by atomic mass is 9.91. The molecule has 6 nitrogen and oxygen atoms in total. The first kappa shape index (κ1) is 16.6. The monoisotopic (exact) mass is 260 g/mol. The number of esters is 2. The van der Waals surface area contributed by atoms with Gasteiger partial charge in [-0.25, -0.2) is 0 Å². The zero-order valence-electron chi connectivity index (χ0n) is 11.4. The topological polar surface area (TPSA) is 78.9 Å². The fourth-order valence-corrected chi connectivity index (χ4v) is 1.21. The normalized spacial score (nSPS) is 11.2. The van der Waals surface area contributed by atoms with Gasteiger partial charge in [0.2, 0.25) is 5.92 Å². The van der Waals surface area contributed by atoms with Crippen molar-refractivity contribution in [2.24, 2.45) is 5.92 Å². The highest BCUT2D eigenvalue weighted by molar-refractivity contribution is 6.17. The lowest BCUT2D eigenvalue weighted by Gasteiger charge is -2.24. The molecular weight excluding hydrogens is 240 g/mol. The van der Waals surface area contributed by atoms with Crippen LogP contribution in [0.2, 0.25) is 0 Å². The summed E-state index contributed by atoms with van der Waals surface area (Å²) in [7, 11) is 1.32. The highest BCUT2D eigenvalue weighted by atomic mass is 16.6. The number of ketones is 1. The molecule has 0 saturated carbocycles. The van der Waals surface area contributed by atoms with Gasteiger partial charge >= 0.3 is 11.9 Å². The van der Waals surface area contributed by atoms with Gasteiger partial charge in [0.25, 0.3) is 0 Å². The van der Waals surface area contributed by atoms with Crippen molar-refractivity contribution in [1.29, 1.82) is 0 Å². The van der Waals surface area contributed by atoms with Gasteiger partial charge in [0.15, 0.2) is 5.78 Å². The van der Waals surface area contributed by atoms with Gasteiger partial charge < -0.3 is 14.2 Å². The van der Waals surface area contributed by atoms with Crippen molar-refractivity contribution in [1.82, 2.24) is 0 Å². The number of ether oxygens (including phenoxy) is 3. The van der Waals surface area contributed by atoms with Crippen molar-refractivity contribution in [2.75, 3.05) is 20.3 Å². The van der Waals surface area contributed by atoms with E-state index < -0.39 is 29.2 Å². The van der Waals surface area contributed by atoms with Crippen LogP contribution < -0.4 is 0 Å². The smallest absolute Gasteiger partial charge is 0.328 e. The molecule has 0 unspecified atom stereocenters. The first-order chi connectivity index (χ1) is 8.31. The molecule has 0 spiro atoms. The zero-order chi connectivity index (χ0) is 14.3. The molecule has 0 aliphatic carbocycles. The van der Waals surface area contributed by atoms with Crippen molar-refractivity contribution >= 4 is 17.7 Å². The maximum Gasteiger partial charge on any atom is 0.328 e. The standard InChI is InChI=1S/C12H20O6/c1-6-17-10(14)8(11(15)18-7-2)9(13)12(3,4)16-5/h8H,6-7H2,1-5H3. The summed E-state index contributed by atoms with van der Waals surface area (Å²) >= 11 is 0. The summed E-state index contributed by atoms with van der Waals surface area (Å²) in [5, 5.41) is 0. The van der Waals surface area contributed by atoms with Crippen molar-refractivity contribution in [3.63, 3.8) is 0 Å². The summed E-state index contributed by atoms with van der Waals surface area (Å²) < 4.78 is 14.4. The number of methoxy groups -OCH3 is 1. The van der Waals surface area contributed by atoms with E-state index in [4.69, 9.17) is 14.2 Å². The van der Waals surface area contributed by atoms with Gasteiger partial charge in [0.05, 0.1) is 13.2 Å². The van der Waals surface area contributed by atoms with E-state index >= 15 is 0 Å². The fraction of sp³-hybridized carbons (Fsp3) is 0.750. The van der Waals surface area contributed by atoms with Crippen LogP contribution in [0.15, 0.2) is 0 Å². The molecule has 0 N–H and O–H groups in total. The molecule has 0 aromatic heterocycles. The van der Waals surface area contributed by atoms with E-state index in [1.54, 1.807) is 13.8 Å². The summed E-state index contributed by atoms with van der Waals surface area (Å²) in [4.78, 5) is 35.4. The SMILES string of the molecule is CCOC(=O)C(C(=O)OCC)C(=O)C(C)(C)OC. The molecule has 0 amide bonds. The summed E-state index contributed by atoms with van der Waals surface area (Å²) in [5.41, 5.74) is -1.26. The summed E-state index contributed by atoms with van der Waals surface area (Å²) in [5.74, 6) is -4.10. The van der Waals surface area contributed by atoms with Crippen molar-refractivity contribution in [3.8, 4) is 0 Å². The lowest BCUT2D eigenvalue weighted by molar-refractivity contribution is -0.169. The Morgan fingerprint density at radius 2 is 1.39 bits per heavy atom. The number of hydrogen-bond donors (Lipinski definition) is 0. The molecule has 0 bridgehead atoms. The van der Waals surface area contributed by atoms with E-state index in [9.17, 15) is 14.4 Å². The Morgan fingerprint density at radius 3 is 1.67 bits per heavy atom. The van der Waals surface area contributed by atoms with E-state index in [0.29, 0.717) is 0 Å². The maximum atomic E-state index is 12.1. The Kier molecular flexibility index (Phi) is 6.54. The molecule has 0 aliphatic heterocycles. The van der Waals surface area contributed by atoms with E-state index in [1.807, 2.05) is 0 Å². The third-order valence-electron chi connectivity index (χ3n) is 2.41. The van der Waals surface area contributed by atoms with Crippen LogP contribution in [0.5, 0.6) is 0 Å². The second-order valence-electron chi connectivity index (χ2n) is 4.02. The second kappa shape index (κ2) is 7.10. The molecule has 6 heteroatoms. The Hall–Kier alpha value is -1.43. The van der Waals surface area contributed by atoms with Crippen LogP contribution in [0.4, 0.5) is 0 Å². The molecule has 0 aromatic rings. The molecule has 0 rings (SSSR count). The van der Waals surface area contributed by atoms with Crippen LogP contribution in [0.25, 0.3) is 0 Å². The molecule has 0 atom stereocenters. The molecule has 0 aromatic carbocycles. The molecule has 0 radical (unpaired) electrons. The first-order valence-electron chi connectivity index (χ1n) is 5.74. The first-order valence-corrected chi connectivity index (χ1v) is 5.74. The fourth-order valence-electron chi connectivity index (χ4n) is 1.21. The van der Waals surface area contributed by atoms with Crippen molar-refractivity contribution in [2.45, 2.75) is 33.3 Å². The van der Waals surface area contributed by atoms with E-state index in [-0.39, 0.29) is 13.2 Å². The zero-order valence-corrected chi connectivity index (χ0v) is 11.4. The van der Waals surface area contributed by atoms with E-state index in [0.717, 1.165) is 0 Å². The number of hydrogen-bond acceptors (Lipinski definition) is 6. The van der Waals surface area contributed by atoms with Gasteiger partial charge in [-0.1, -0.05) is 0 Å². The Balaban J connectivity index is 5.15. The Morgan fingerprint density at radius 1 is 1.00 bits per heavy atom. The maximum absolute atomic E-state index is 12.1. The van der Waals surface area contributed by atoms with Crippen molar-refractivity contribution < 1.29 is 28.6 Å². The van der Waals surface area contributed by atoms with Crippen LogP contribution in [0, 0.1) is 5.92 Å². The molecular formula is C12H20O6. The van der Waals surface area contributed by atoms with Gasteiger partial charge in [0.1, 0.15) is 5.60 Å². The van der Waals surface area contributed by atoms with E-state index in [1.165, 1.54) is 21.0 Å². The van der Waals surface area contributed by atoms with Crippen LogP contribution in [0.1, 0.15) is 27.7 Å². The van der Waals surface area contributed by atoms with Gasteiger partial charge in [-0.15, -0.1) is 0 Å². The number of carbonyl (C=O) groups is 3. The minimum atomic E-state index is -1.60. The van der Waals surface area contributed by atoms with Gasteiger partial charge in [-0.2, -0.15) is 0 Å². The second-order valence-corrected chi connectivity index (χ2v) is 4.02. The van der Waals surface area contributed by atoms with Crippen molar-refractivity contribution in [3.05, 3.63) is 0 Å². The minimum absolute atomic E-state index is 0.0788. The van der Waals surface area contributed by atoms with Crippen LogP contribution >= 0.6 is 0 Å². The van der Waals surface area contributed by atoms with Crippen LogP contribution in [0.3, 0.4) is 0 Å². The molecule has 0 heterocycles. The van der Waals surface area contributed by atoms with Crippen LogP contribution in [-0.2, 0) is 28.6 Å². The van der Waals surface area contributed by atoms with Crippen LogP contribution in [-0.4, -0.2) is 43.6 Å². The molecule has 0 aliphatic rings. The van der Waals surface area contributed by atoms with E-state index in [2.05, 4.69) is 0 Å². The Labute approximate surface area is 107 Å². The average molecular weight is 260 g/mol. The number of Topliss-reactive ketones (excluding diaryl/α,β-unsaturated/α-hetero) is 1. The number of carbonyl (C=O) groups excluding carboxylic acids is 3. The highest BCUT2D eigenvalue weighted by Gasteiger charge is 2.44. The lowest BCUT2D eigenvalue weighted by Crippen LogP contribution is -2.46. The largest absolute Gasteiger partial charge is 0.465 e. The molecule has 0 fully saturated rings. The third-order valence-corrected chi connectivity index (χ3v) is 2.41. The predicted octanol–water partition coefficient (Wildman–Crippen LogP) is 0.723. The van der Waals surface area contributed by atoms with Gasteiger partial charge in [-0.05, 0) is 27.7 Å². The molecule has 18 heavy (non-hydrogen) atoms. The number of rotatable bonds is 7. The summed E-state index contributed by atoms with van der Waals surface area (Å²) in [6, 6.07) is 0. The molecule has 104 valence electrons. The Bertz CT molecular complexity index is 303. The van der Waals surface area contributed by atoms with Gasteiger partial charge in [0, 0.05) is 7.11 Å². The minimum Gasteiger partial charge on any atom is -0.465 e. The summed E-state index contributed by atoms with van der Waals surface area (Å²) in [6.07, 6.45) is 0. The quantitative estimate of drug-likeness (QED) is 0.496. The van der Waals surface area contributed by atoms with Gasteiger partial charge in [-0.3, -0.25) is 14.4 Å². The highest BCUT2D eigenvalue weighted by Crippen LogP contribution is 2.18. The molecule has 0 saturated heterocycles. The predicted molar refractivity (Wildman–Crippen MR) is 62.9 cm³/mol. The third kappa shape index (κ3) is 4.10.